The second kappa shape index (κ2) is 7.89. The summed E-state index contributed by atoms with van der Waals surface area (Å²) in [5.41, 5.74) is 1.10. The van der Waals surface area contributed by atoms with Gasteiger partial charge in [0.25, 0.3) is 11.1 Å². The van der Waals surface area contributed by atoms with Crippen molar-refractivity contribution in [3.63, 3.8) is 0 Å². The number of aryl methyl sites for hydroxylation is 1. The molecule has 0 saturated carbocycles. The van der Waals surface area contributed by atoms with Gasteiger partial charge >= 0.3 is 0 Å². The van der Waals surface area contributed by atoms with Gasteiger partial charge in [0, 0.05) is 18.3 Å². The number of halogens is 1. The van der Waals surface area contributed by atoms with Crippen LogP contribution in [0, 0.1) is 18.3 Å². The highest BCUT2D eigenvalue weighted by Crippen LogP contribution is 2.22. The number of aliphatic imine (C=N–C) groups is 1. The summed E-state index contributed by atoms with van der Waals surface area (Å²) in [5.74, 6) is 0.350. The molecule has 2 aromatic heterocycles. The van der Waals surface area contributed by atoms with E-state index in [9.17, 15) is 14.7 Å². The van der Waals surface area contributed by atoms with Crippen molar-refractivity contribution in [1.82, 2.24) is 24.9 Å². The van der Waals surface area contributed by atoms with Gasteiger partial charge < -0.3 is 10.4 Å². The number of nitrogens with one attached hydrogen (secondary N) is 3. The van der Waals surface area contributed by atoms with Crippen LogP contribution < -0.4 is 16.4 Å². The van der Waals surface area contributed by atoms with Crippen molar-refractivity contribution in [1.29, 1.82) is 5.26 Å². The number of aromatic hydroxyl groups is 1. The zero-order valence-electron chi connectivity index (χ0n) is 14.7. The third kappa shape index (κ3) is 3.84. The fraction of sp³-hybridized carbons (Fsp3) is 0.176. The predicted molar refractivity (Wildman–Crippen MR) is 103 cm³/mol. The Kier molecular flexibility index (Phi) is 5.37. The van der Waals surface area contributed by atoms with Crippen molar-refractivity contribution in [2.45, 2.75) is 6.92 Å². The van der Waals surface area contributed by atoms with Crippen molar-refractivity contribution >= 4 is 17.6 Å². The van der Waals surface area contributed by atoms with Crippen LogP contribution in [0.15, 0.2) is 44.9 Å². The average Bonchev–Trinajstić information content (AvgIpc) is 3.36. The number of hydrogen-bond donors (Lipinski definition) is 4. The fourth-order valence-electron chi connectivity index (χ4n) is 2.62. The minimum atomic E-state index is -0.344. The molecule has 3 heterocycles. The highest BCUT2D eigenvalue weighted by Gasteiger charge is 2.12. The molecule has 144 valence electrons. The second-order valence-corrected chi connectivity index (χ2v) is 6.20. The Labute approximate surface area is 163 Å². The second-order valence-electron chi connectivity index (χ2n) is 5.79. The van der Waals surface area contributed by atoms with Gasteiger partial charge in [-0.3, -0.25) is 24.5 Å². The molecule has 0 radical (unpaired) electrons. The molecule has 0 unspecified atom stereocenters. The molecule has 11 heteroatoms. The molecule has 0 amide bonds. The molecule has 28 heavy (non-hydrogen) atoms. The van der Waals surface area contributed by atoms with E-state index in [1.54, 1.807) is 29.8 Å². The van der Waals surface area contributed by atoms with Gasteiger partial charge in [0.2, 0.25) is 11.8 Å². The highest BCUT2D eigenvalue weighted by molar-refractivity contribution is 6.32. The molecule has 4 rings (SSSR count). The Balaban J connectivity index is 0.000000167. The first kappa shape index (κ1) is 19.1. The van der Waals surface area contributed by atoms with E-state index in [4.69, 9.17) is 16.9 Å². The van der Waals surface area contributed by atoms with Crippen molar-refractivity contribution in [3.05, 3.63) is 67.3 Å². The van der Waals surface area contributed by atoms with Crippen LogP contribution in [0.3, 0.4) is 0 Å². The van der Waals surface area contributed by atoms with Crippen molar-refractivity contribution in [3.8, 4) is 17.6 Å². The average molecular weight is 402 g/mol. The standard InChI is InChI=1S/C11H8ClN3O.C6H8N4O2/c1-7-5-11(16)14-15(7)10-4-2-3-9(12)8(10)6-13;11-4-3-5(12)10(9-4)6-7-1-2-8-6/h2-5H,1H3,(H,14,16);3,12H,1-2H2,(H,7,8)(H,9,11). The number of aromatic nitrogens is 4. The molecule has 1 aromatic carbocycles. The number of benzene rings is 1. The first-order valence-electron chi connectivity index (χ1n) is 8.18. The van der Waals surface area contributed by atoms with Crippen LogP contribution in [-0.4, -0.2) is 43.7 Å². The Morgan fingerprint density at radius 2 is 1.93 bits per heavy atom. The number of aromatic amines is 2. The molecule has 1 aliphatic rings. The lowest BCUT2D eigenvalue weighted by Gasteiger charge is -2.08. The maximum absolute atomic E-state index is 11.2. The van der Waals surface area contributed by atoms with Gasteiger partial charge in [0.05, 0.1) is 28.9 Å². The lowest BCUT2D eigenvalue weighted by Crippen LogP contribution is -2.27. The molecule has 0 atom stereocenters. The van der Waals surface area contributed by atoms with E-state index in [1.165, 1.54) is 10.7 Å². The third-order valence-electron chi connectivity index (χ3n) is 3.84. The smallest absolute Gasteiger partial charge is 0.268 e. The molecule has 1 aliphatic heterocycles. The lowest BCUT2D eigenvalue weighted by atomic mass is 10.2. The third-order valence-corrected chi connectivity index (χ3v) is 4.15. The fourth-order valence-corrected chi connectivity index (χ4v) is 2.83. The molecule has 0 aliphatic carbocycles. The van der Waals surface area contributed by atoms with Crippen LogP contribution in [0.25, 0.3) is 5.69 Å². The van der Waals surface area contributed by atoms with E-state index in [2.05, 4.69) is 20.5 Å². The predicted octanol–water partition coefficient (Wildman–Crippen LogP) is 0.688. The maximum atomic E-state index is 11.2. The van der Waals surface area contributed by atoms with Crippen LogP contribution in [0.4, 0.5) is 0 Å². The summed E-state index contributed by atoms with van der Waals surface area (Å²) in [6.07, 6.45) is 0. The molecular weight excluding hydrogens is 386 g/mol. The zero-order valence-corrected chi connectivity index (χ0v) is 15.5. The van der Waals surface area contributed by atoms with Gasteiger partial charge in [-0.2, -0.15) is 9.94 Å². The zero-order chi connectivity index (χ0) is 20.3. The molecular formula is C17H16ClN7O3. The molecule has 0 saturated heterocycles. The van der Waals surface area contributed by atoms with Gasteiger partial charge in [0.1, 0.15) is 6.07 Å². The largest absolute Gasteiger partial charge is 0.493 e. The summed E-state index contributed by atoms with van der Waals surface area (Å²) in [5, 5.41) is 26.5. The van der Waals surface area contributed by atoms with Crippen LogP contribution in [0.1, 0.15) is 11.3 Å². The summed E-state index contributed by atoms with van der Waals surface area (Å²) in [6.45, 7) is 3.17. The summed E-state index contributed by atoms with van der Waals surface area (Å²) >= 11 is 5.91. The molecule has 4 N–H and O–H groups in total. The van der Waals surface area contributed by atoms with Crippen molar-refractivity contribution < 1.29 is 5.11 Å². The topological polar surface area (TPSA) is 144 Å². The van der Waals surface area contributed by atoms with Gasteiger partial charge in [-0.1, -0.05) is 17.7 Å². The van der Waals surface area contributed by atoms with Crippen molar-refractivity contribution in [2.24, 2.45) is 4.99 Å². The van der Waals surface area contributed by atoms with E-state index in [0.29, 0.717) is 28.8 Å². The van der Waals surface area contributed by atoms with Gasteiger partial charge in [-0.15, -0.1) is 0 Å². The Bertz CT molecular complexity index is 1190. The number of nitrogens with zero attached hydrogens (tertiary/aromatic N) is 4. The quantitative estimate of drug-likeness (QED) is 0.474. The van der Waals surface area contributed by atoms with Crippen molar-refractivity contribution in [2.75, 3.05) is 13.1 Å². The minimum absolute atomic E-state index is 0.131. The van der Waals surface area contributed by atoms with Crippen LogP contribution in [0.2, 0.25) is 5.02 Å². The molecule has 0 bridgehead atoms. The molecule has 10 nitrogen and oxygen atoms in total. The highest BCUT2D eigenvalue weighted by atomic mass is 35.5. The molecule has 3 aromatic rings. The van der Waals surface area contributed by atoms with Crippen LogP contribution >= 0.6 is 11.6 Å². The van der Waals surface area contributed by atoms with E-state index >= 15 is 0 Å². The monoisotopic (exact) mass is 401 g/mol. The van der Waals surface area contributed by atoms with E-state index in [0.717, 1.165) is 18.3 Å². The number of hydrogen-bond acceptors (Lipinski definition) is 6. The Morgan fingerprint density at radius 3 is 2.46 bits per heavy atom. The number of nitriles is 1. The van der Waals surface area contributed by atoms with Gasteiger partial charge in [0.15, 0.2) is 0 Å². The summed E-state index contributed by atoms with van der Waals surface area (Å²) < 4.78 is 2.77. The van der Waals surface area contributed by atoms with E-state index < -0.39 is 0 Å². The SMILES string of the molecule is Cc1cc(=O)[nH]n1-c1cccc(Cl)c1C#N.O=c1cc(O)n(C2=NCCN2)[nH]1. The summed E-state index contributed by atoms with van der Waals surface area (Å²) in [6, 6.07) is 9.69. The molecule has 0 fully saturated rings. The number of rotatable bonds is 1. The lowest BCUT2D eigenvalue weighted by molar-refractivity contribution is 0.437. The normalized spacial score (nSPS) is 12.5. The van der Waals surface area contributed by atoms with Gasteiger partial charge in [-0.05, 0) is 19.1 Å². The number of H-pyrrole nitrogens is 2. The minimum Gasteiger partial charge on any atom is -0.493 e. The molecule has 0 spiro atoms. The maximum Gasteiger partial charge on any atom is 0.268 e. The van der Waals surface area contributed by atoms with Gasteiger partial charge in [-0.25, -0.2) is 4.99 Å². The van der Waals surface area contributed by atoms with E-state index in [1.807, 2.05) is 6.07 Å². The first-order chi connectivity index (χ1) is 13.4. The van der Waals surface area contributed by atoms with Crippen LogP contribution in [0.5, 0.6) is 5.88 Å². The first-order valence-corrected chi connectivity index (χ1v) is 8.56. The summed E-state index contributed by atoms with van der Waals surface area (Å²) in [7, 11) is 0. The summed E-state index contributed by atoms with van der Waals surface area (Å²) in [4.78, 5) is 25.9. The Hall–Kier alpha value is -3.71. The Morgan fingerprint density at radius 1 is 1.21 bits per heavy atom. The van der Waals surface area contributed by atoms with E-state index in [-0.39, 0.29) is 17.0 Å². The van der Waals surface area contributed by atoms with Crippen LogP contribution in [-0.2, 0) is 0 Å².